The highest BCUT2D eigenvalue weighted by molar-refractivity contribution is 5.95. The zero-order valence-electron chi connectivity index (χ0n) is 26.1. The Labute approximate surface area is 244 Å². The molecule has 0 bridgehead atoms. The number of nitrogens with one attached hydrogen (secondary N) is 5. The zero-order chi connectivity index (χ0) is 32.0. The second kappa shape index (κ2) is 18.3. The average molecular weight is 584 g/mol. The van der Waals surface area contributed by atoms with Gasteiger partial charge in [-0.15, -0.1) is 0 Å². The minimum Gasteiger partial charge on any atom is -0.368 e. The van der Waals surface area contributed by atoms with E-state index in [2.05, 4.69) is 26.6 Å². The summed E-state index contributed by atoms with van der Waals surface area (Å²) < 4.78 is 0. The van der Waals surface area contributed by atoms with E-state index >= 15 is 0 Å². The van der Waals surface area contributed by atoms with Gasteiger partial charge < -0.3 is 38.1 Å². The van der Waals surface area contributed by atoms with Crippen molar-refractivity contribution < 1.29 is 28.8 Å². The molecule has 0 saturated carbocycles. The molecule has 13 heteroatoms. The van der Waals surface area contributed by atoms with Crippen molar-refractivity contribution in [3.63, 3.8) is 0 Å². The second-order valence-electron chi connectivity index (χ2n) is 12.3. The van der Waals surface area contributed by atoms with Crippen LogP contribution in [0.2, 0.25) is 0 Å². The minimum absolute atomic E-state index is 0.0427. The van der Waals surface area contributed by atoms with Gasteiger partial charge in [0.1, 0.15) is 24.2 Å². The van der Waals surface area contributed by atoms with Crippen molar-refractivity contribution in [2.45, 2.75) is 112 Å². The van der Waals surface area contributed by atoms with E-state index in [0.29, 0.717) is 19.3 Å². The molecular formula is C28H53N7O6. The number of carbonyl (C=O) groups excluding carboxylic acids is 6. The van der Waals surface area contributed by atoms with Gasteiger partial charge in [0.25, 0.3) is 0 Å². The Hall–Kier alpha value is -3.22. The van der Waals surface area contributed by atoms with Crippen LogP contribution in [0.25, 0.3) is 0 Å². The highest BCUT2D eigenvalue weighted by Crippen LogP contribution is 2.09. The molecule has 6 amide bonds. The van der Waals surface area contributed by atoms with E-state index in [0.717, 1.165) is 0 Å². The molecule has 0 aliphatic rings. The molecule has 0 heterocycles. The topological polar surface area (TPSA) is 215 Å². The van der Waals surface area contributed by atoms with E-state index in [1.807, 2.05) is 41.5 Å². The number of hydrogen-bond donors (Lipinski definition) is 7. The first-order valence-corrected chi connectivity index (χ1v) is 14.4. The summed E-state index contributed by atoms with van der Waals surface area (Å²) in [5, 5.41) is 12.9. The van der Waals surface area contributed by atoms with Crippen LogP contribution in [0.3, 0.4) is 0 Å². The summed E-state index contributed by atoms with van der Waals surface area (Å²) in [5.74, 6) is -3.38. The number of nitrogens with two attached hydrogens (primary N) is 2. The summed E-state index contributed by atoms with van der Waals surface area (Å²) in [6.45, 7) is 15.9. The van der Waals surface area contributed by atoms with E-state index in [1.165, 1.54) is 6.92 Å². The maximum Gasteiger partial charge on any atom is 0.243 e. The number of primary amides is 1. The summed E-state index contributed by atoms with van der Waals surface area (Å²) in [5.41, 5.74) is 11.3. The number of carbonyl (C=O) groups is 6. The molecule has 0 aromatic heterocycles. The van der Waals surface area contributed by atoms with Crippen molar-refractivity contribution in [2.75, 3.05) is 6.54 Å². The van der Waals surface area contributed by atoms with Gasteiger partial charge in [0.15, 0.2) is 0 Å². The van der Waals surface area contributed by atoms with Crippen LogP contribution in [0.4, 0.5) is 0 Å². The van der Waals surface area contributed by atoms with Gasteiger partial charge in [-0.05, 0) is 49.9 Å². The number of rotatable bonds is 18. The van der Waals surface area contributed by atoms with Gasteiger partial charge in [0.2, 0.25) is 35.4 Å². The van der Waals surface area contributed by atoms with Crippen LogP contribution >= 0.6 is 0 Å². The van der Waals surface area contributed by atoms with Crippen molar-refractivity contribution in [3.8, 4) is 0 Å². The Bertz CT molecular complexity index is 906. The largest absolute Gasteiger partial charge is 0.368 e. The summed E-state index contributed by atoms with van der Waals surface area (Å²) in [4.78, 5) is 75.1. The molecule has 9 N–H and O–H groups in total. The van der Waals surface area contributed by atoms with Gasteiger partial charge in [0, 0.05) is 0 Å². The summed E-state index contributed by atoms with van der Waals surface area (Å²) in [6.07, 6.45) is 1.10. The predicted octanol–water partition coefficient (Wildman–Crippen LogP) is -0.331. The zero-order valence-corrected chi connectivity index (χ0v) is 26.1. The molecule has 236 valence electrons. The summed E-state index contributed by atoms with van der Waals surface area (Å²) in [7, 11) is 0. The molecule has 41 heavy (non-hydrogen) atoms. The number of hydrogen-bond acceptors (Lipinski definition) is 7. The van der Waals surface area contributed by atoms with E-state index in [9.17, 15) is 28.8 Å². The fourth-order valence-corrected chi connectivity index (χ4v) is 4.07. The monoisotopic (exact) mass is 583 g/mol. The molecule has 0 saturated heterocycles. The molecule has 0 aromatic carbocycles. The molecule has 0 rings (SSSR count). The molecule has 0 fully saturated rings. The fraction of sp³-hybridized carbons (Fsp3) is 0.786. The highest BCUT2D eigenvalue weighted by atomic mass is 16.2. The van der Waals surface area contributed by atoms with Crippen LogP contribution in [0.5, 0.6) is 0 Å². The lowest BCUT2D eigenvalue weighted by Crippen LogP contribution is -2.57. The number of amides is 6. The molecule has 0 aliphatic carbocycles. The van der Waals surface area contributed by atoms with Gasteiger partial charge in [-0.25, -0.2) is 0 Å². The molecule has 0 aliphatic heterocycles. The Morgan fingerprint density at radius 2 is 1.05 bits per heavy atom. The van der Waals surface area contributed by atoms with Crippen molar-refractivity contribution >= 4 is 35.4 Å². The lowest BCUT2D eigenvalue weighted by molar-refractivity contribution is -0.133. The van der Waals surface area contributed by atoms with Crippen LogP contribution in [0, 0.1) is 23.7 Å². The molecule has 5 atom stereocenters. The lowest BCUT2D eigenvalue weighted by atomic mass is 10.00. The van der Waals surface area contributed by atoms with Gasteiger partial charge in [-0.1, -0.05) is 55.4 Å². The van der Waals surface area contributed by atoms with Crippen LogP contribution in [0.15, 0.2) is 0 Å². The Balaban J connectivity index is 5.15. The maximum absolute atomic E-state index is 12.9. The first-order valence-electron chi connectivity index (χ1n) is 14.4. The summed E-state index contributed by atoms with van der Waals surface area (Å²) in [6, 6.07) is -4.49. The minimum atomic E-state index is -1.01. The first-order chi connectivity index (χ1) is 18.8. The maximum atomic E-state index is 12.9. The van der Waals surface area contributed by atoms with Crippen molar-refractivity contribution in [1.29, 1.82) is 0 Å². The van der Waals surface area contributed by atoms with Crippen LogP contribution in [0.1, 0.15) is 81.6 Å². The van der Waals surface area contributed by atoms with Crippen molar-refractivity contribution in [2.24, 2.45) is 35.1 Å². The molecule has 13 nitrogen and oxygen atoms in total. The second-order valence-corrected chi connectivity index (χ2v) is 12.3. The van der Waals surface area contributed by atoms with Gasteiger partial charge >= 0.3 is 0 Å². The highest BCUT2D eigenvalue weighted by Gasteiger charge is 2.29. The van der Waals surface area contributed by atoms with Gasteiger partial charge in [0.05, 0.1) is 12.6 Å². The predicted molar refractivity (Wildman–Crippen MR) is 157 cm³/mol. The van der Waals surface area contributed by atoms with E-state index < -0.39 is 72.2 Å². The third-order valence-corrected chi connectivity index (χ3v) is 6.21. The SMILES string of the molecule is CC(C)C[C@H](NC(=O)CNC(=O)[C@H](C)NC(=O)[C@H](CC(C)C)NC(=O)[C@@H](N)CC(C)C)C(=O)N[C@H](C(N)=O)C(C)C. The van der Waals surface area contributed by atoms with Crippen LogP contribution in [-0.2, 0) is 28.8 Å². The molecule has 0 radical (unpaired) electrons. The Morgan fingerprint density at radius 1 is 0.585 bits per heavy atom. The standard InChI is InChI=1S/C28H53N7O6/c1-14(2)10-19(29)26(39)34-21(12-16(5)6)27(40)32-18(9)25(38)31-13-22(36)33-20(11-15(3)4)28(41)35-23(17(7)8)24(30)37/h14-21,23H,10-13,29H2,1-9H3,(H2,30,37)(H,31,38)(H,32,40)(H,33,36)(H,34,39)(H,35,41)/t18-,19-,20-,21-,23-/m0/s1. The lowest BCUT2D eigenvalue weighted by Gasteiger charge is -2.25. The first kappa shape index (κ1) is 37.8. The average Bonchev–Trinajstić information content (AvgIpc) is 2.83. The fourth-order valence-electron chi connectivity index (χ4n) is 4.07. The van der Waals surface area contributed by atoms with E-state index in [-0.39, 0.29) is 23.7 Å². The van der Waals surface area contributed by atoms with Gasteiger partial charge in [-0.3, -0.25) is 28.8 Å². The summed E-state index contributed by atoms with van der Waals surface area (Å²) >= 11 is 0. The van der Waals surface area contributed by atoms with Gasteiger partial charge in [-0.2, -0.15) is 0 Å². The molecular weight excluding hydrogens is 530 g/mol. The smallest absolute Gasteiger partial charge is 0.243 e. The van der Waals surface area contributed by atoms with Crippen molar-refractivity contribution in [1.82, 2.24) is 26.6 Å². The van der Waals surface area contributed by atoms with Crippen LogP contribution < -0.4 is 38.1 Å². The molecule has 0 unspecified atom stereocenters. The van der Waals surface area contributed by atoms with E-state index in [4.69, 9.17) is 11.5 Å². The normalized spacial score (nSPS) is 15.1. The Morgan fingerprint density at radius 3 is 1.49 bits per heavy atom. The quantitative estimate of drug-likeness (QED) is 0.114. The molecule has 0 aromatic rings. The van der Waals surface area contributed by atoms with Crippen molar-refractivity contribution in [3.05, 3.63) is 0 Å². The third-order valence-electron chi connectivity index (χ3n) is 6.21. The third kappa shape index (κ3) is 15.4. The van der Waals surface area contributed by atoms with Crippen LogP contribution in [-0.4, -0.2) is 72.2 Å². The van der Waals surface area contributed by atoms with E-state index in [1.54, 1.807) is 13.8 Å². The molecule has 0 spiro atoms. The Kier molecular flexibility index (Phi) is 16.8.